The molecule has 1 fully saturated rings. The summed E-state index contributed by atoms with van der Waals surface area (Å²) in [5.74, 6) is 0.329. The molecule has 1 aliphatic rings. The molecule has 0 spiro atoms. The monoisotopic (exact) mass is 546 g/mol. The first-order valence-electron chi connectivity index (χ1n) is 12.5. The molecule has 1 N–H and O–H groups in total. The number of aromatic nitrogens is 3. The number of fused-ring (bicyclic) bond motifs is 2. The number of aryl methyl sites for hydroxylation is 1. The molecule has 0 amide bonds. The Morgan fingerprint density at radius 3 is 2.58 bits per heavy atom. The second-order valence-electron chi connectivity index (χ2n) is 9.54. The van der Waals surface area contributed by atoms with Crippen molar-refractivity contribution in [2.24, 2.45) is 7.05 Å². The van der Waals surface area contributed by atoms with Crippen molar-refractivity contribution in [3.63, 3.8) is 0 Å². The first kappa shape index (κ1) is 26.4. The minimum atomic E-state index is -4.75. The minimum Gasteiger partial charge on any atom is -0.406 e. The summed E-state index contributed by atoms with van der Waals surface area (Å²) in [5.41, 5.74) is 2.71. The molecule has 1 aliphatic heterocycles. The quantitative estimate of drug-likeness (QED) is 0.222. The topological polar surface area (TPSA) is 75.5 Å². The second-order valence-corrected chi connectivity index (χ2v) is 10.6. The highest BCUT2D eigenvalue weighted by Gasteiger charge is 2.31. The van der Waals surface area contributed by atoms with E-state index in [0.29, 0.717) is 38.8 Å². The van der Waals surface area contributed by atoms with E-state index < -0.39 is 6.36 Å². The van der Waals surface area contributed by atoms with Crippen molar-refractivity contribution in [2.45, 2.75) is 25.6 Å². The molecular formula is C26H29F3N6O2S. The van der Waals surface area contributed by atoms with Gasteiger partial charge in [-0.2, -0.15) is 0 Å². The highest BCUT2D eigenvalue weighted by atomic mass is 32.1. The number of hydrogen-bond acceptors (Lipinski definition) is 8. The zero-order valence-corrected chi connectivity index (χ0v) is 22.0. The summed E-state index contributed by atoms with van der Waals surface area (Å²) in [5, 5.41) is 3.63. The number of Topliss-reactive ketones (excluding diaryl/α,β-unsaturated/α-hetero) is 1. The Labute approximate surface area is 222 Å². The van der Waals surface area contributed by atoms with E-state index in [1.807, 2.05) is 29.8 Å². The average molecular weight is 547 g/mol. The number of unbranched alkanes of at least 4 members (excludes halogenated alkanes) is 1. The zero-order valence-electron chi connectivity index (χ0n) is 21.2. The smallest absolute Gasteiger partial charge is 0.406 e. The van der Waals surface area contributed by atoms with Gasteiger partial charge in [0, 0.05) is 51.3 Å². The second kappa shape index (κ2) is 10.9. The van der Waals surface area contributed by atoms with Gasteiger partial charge in [-0.3, -0.25) is 4.79 Å². The van der Waals surface area contributed by atoms with Crippen LogP contribution in [-0.4, -0.2) is 76.3 Å². The molecule has 0 bridgehead atoms. The van der Waals surface area contributed by atoms with Crippen LogP contribution in [0.25, 0.3) is 21.3 Å². The Kier molecular flexibility index (Phi) is 7.55. The number of hydrogen-bond donors (Lipinski definition) is 1. The normalized spacial score (nSPS) is 15.4. The number of benzene rings is 2. The third kappa shape index (κ3) is 6.25. The molecule has 3 heterocycles. The number of halogens is 3. The van der Waals surface area contributed by atoms with E-state index in [-0.39, 0.29) is 11.5 Å². The van der Waals surface area contributed by atoms with Gasteiger partial charge in [0.15, 0.2) is 10.9 Å². The van der Waals surface area contributed by atoms with Gasteiger partial charge in [0.2, 0.25) is 5.95 Å². The molecule has 0 saturated carbocycles. The Bertz CT molecular complexity index is 1440. The molecule has 4 aromatic rings. The maximum atomic E-state index is 12.8. The van der Waals surface area contributed by atoms with Crippen LogP contribution < -0.4 is 10.1 Å². The van der Waals surface area contributed by atoms with Crippen molar-refractivity contribution in [3.05, 3.63) is 42.0 Å². The number of ketones is 1. The summed E-state index contributed by atoms with van der Waals surface area (Å²) in [6, 6.07) is 9.54. The maximum Gasteiger partial charge on any atom is 0.573 e. The van der Waals surface area contributed by atoms with Crippen molar-refractivity contribution in [3.8, 4) is 5.75 Å². The third-order valence-electron chi connectivity index (χ3n) is 6.74. The molecular weight excluding hydrogens is 517 g/mol. The largest absolute Gasteiger partial charge is 0.573 e. The van der Waals surface area contributed by atoms with Crippen LogP contribution in [0.4, 0.5) is 24.3 Å². The number of nitrogens with zero attached hydrogens (tertiary/aromatic N) is 5. The van der Waals surface area contributed by atoms with E-state index in [2.05, 4.69) is 36.9 Å². The Hall–Kier alpha value is -3.22. The average Bonchev–Trinajstić information content (AvgIpc) is 3.41. The summed E-state index contributed by atoms with van der Waals surface area (Å²) in [6.07, 6.45) is -2.40. The number of rotatable bonds is 9. The van der Waals surface area contributed by atoms with E-state index in [0.717, 1.165) is 51.1 Å². The minimum absolute atomic E-state index is 0.105. The predicted octanol–water partition coefficient (Wildman–Crippen LogP) is 5.43. The highest BCUT2D eigenvalue weighted by Crippen LogP contribution is 2.33. The van der Waals surface area contributed by atoms with Gasteiger partial charge in [0.1, 0.15) is 5.75 Å². The lowest BCUT2D eigenvalue weighted by Gasteiger charge is -2.32. The summed E-state index contributed by atoms with van der Waals surface area (Å²) in [6.45, 7) is 5.38. The van der Waals surface area contributed by atoms with Crippen molar-refractivity contribution < 1.29 is 22.7 Å². The van der Waals surface area contributed by atoms with Crippen LogP contribution >= 0.6 is 11.3 Å². The maximum absolute atomic E-state index is 12.8. The molecule has 0 radical (unpaired) electrons. The van der Waals surface area contributed by atoms with Crippen LogP contribution in [-0.2, 0) is 7.05 Å². The summed E-state index contributed by atoms with van der Waals surface area (Å²) < 4.78 is 44.0. The SMILES string of the molecule is CN1CCN(CCCCC(=O)c2ccc3c(c2)nc(Nc2nc4ccc(OC(F)(F)F)cc4s2)n3C)CC1. The first-order valence-corrected chi connectivity index (χ1v) is 13.3. The molecule has 0 unspecified atom stereocenters. The van der Waals surface area contributed by atoms with Gasteiger partial charge in [-0.1, -0.05) is 11.3 Å². The number of carbonyl (C=O) groups excluding carboxylic acids is 1. The number of likely N-dealkylation sites (N-methyl/N-ethyl adjacent to an activating group) is 1. The summed E-state index contributed by atoms with van der Waals surface area (Å²) >= 11 is 1.20. The van der Waals surface area contributed by atoms with Crippen LogP contribution in [0, 0.1) is 0 Å². The number of alkyl halides is 3. The van der Waals surface area contributed by atoms with Gasteiger partial charge in [-0.25, -0.2) is 9.97 Å². The molecule has 12 heteroatoms. The molecule has 0 atom stereocenters. The van der Waals surface area contributed by atoms with Gasteiger partial charge in [0.25, 0.3) is 0 Å². The Morgan fingerprint density at radius 2 is 1.82 bits per heavy atom. The van der Waals surface area contributed by atoms with Crippen molar-refractivity contribution in [2.75, 3.05) is 45.1 Å². The lowest BCUT2D eigenvalue weighted by Crippen LogP contribution is -2.44. The van der Waals surface area contributed by atoms with Crippen LogP contribution in [0.15, 0.2) is 36.4 Å². The molecule has 2 aromatic heterocycles. The van der Waals surface area contributed by atoms with Gasteiger partial charge in [0.05, 0.1) is 21.3 Å². The van der Waals surface area contributed by atoms with Crippen molar-refractivity contribution >= 4 is 49.4 Å². The van der Waals surface area contributed by atoms with E-state index in [1.54, 1.807) is 0 Å². The van der Waals surface area contributed by atoms with Crippen molar-refractivity contribution in [1.29, 1.82) is 0 Å². The van der Waals surface area contributed by atoms with Crippen LogP contribution in [0.2, 0.25) is 0 Å². The Morgan fingerprint density at radius 1 is 1.03 bits per heavy atom. The molecule has 5 rings (SSSR count). The van der Waals surface area contributed by atoms with E-state index in [4.69, 9.17) is 0 Å². The third-order valence-corrected chi connectivity index (χ3v) is 7.67. The number of anilines is 2. The molecule has 38 heavy (non-hydrogen) atoms. The lowest BCUT2D eigenvalue weighted by atomic mass is 10.0. The van der Waals surface area contributed by atoms with Gasteiger partial charge >= 0.3 is 6.36 Å². The highest BCUT2D eigenvalue weighted by molar-refractivity contribution is 7.22. The number of carbonyl (C=O) groups is 1. The predicted molar refractivity (Wildman–Crippen MR) is 142 cm³/mol. The molecule has 8 nitrogen and oxygen atoms in total. The van der Waals surface area contributed by atoms with Gasteiger partial charge in [-0.15, -0.1) is 13.2 Å². The number of imidazole rings is 1. The van der Waals surface area contributed by atoms with E-state index in [9.17, 15) is 18.0 Å². The fraction of sp³-hybridized carbons (Fsp3) is 0.423. The lowest BCUT2D eigenvalue weighted by molar-refractivity contribution is -0.274. The molecule has 2 aromatic carbocycles. The molecule has 0 aliphatic carbocycles. The van der Waals surface area contributed by atoms with Gasteiger partial charge < -0.3 is 24.4 Å². The molecule has 1 saturated heterocycles. The van der Waals surface area contributed by atoms with Crippen LogP contribution in [0.3, 0.4) is 0 Å². The summed E-state index contributed by atoms with van der Waals surface area (Å²) in [4.78, 5) is 26.7. The fourth-order valence-electron chi connectivity index (χ4n) is 4.57. The van der Waals surface area contributed by atoms with Crippen LogP contribution in [0.5, 0.6) is 5.75 Å². The van der Waals surface area contributed by atoms with Crippen LogP contribution in [0.1, 0.15) is 29.6 Å². The van der Waals surface area contributed by atoms with E-state index in [1.165, 1.54) is 29.5 Å². The standard InChI is InChI=1S/C26H29F3N6O2S/c1-33-11-13-35(14-12-33)10-4-3-5-22(36)17-6-9-21-20(15-17)30-24(34(21)2)32-25-31-19-8-7-18(16-23(19)38-25)37-26(27,28)29/h6-9,15-16H,3-5,10-14H2,1-2H3,(H,30,31,32). The zero-order chi connectivity index (χ0) is 26.9. The Balaban J connectivity index is 1.22. The summed E-state index contributed by atoms with van der Waals surface area (Å²) in [7, 11) is 3.99. The number of nitrogens with one attached hydrogen (secondary N) is 1. The number of ether oxygens (including phenoxy) is 1. The fourth-order valence-corrected chi connectivity index (χ4v) is 5.46. The van der Waals surface area contributed by atoms with Gasteiger partial charge in [-0.05, 0) is 56.8 Å². The van der Waals surface area contributed by atoms with E-state index >= 15 is 0 Å². The van der Waals surface area contributed by atoms with Crippen molar-refractivity contribution in [1.82, 2.24) is 24.3 Å². The molecule has 202 valence electrons. The number of thiazole rings is 1. The number of piperazine rings is 1. The first-order chi connectivity index (χ1) is 18.1.